The van der Waals surface area contributed by atoms with Crippen molar-refractivity contribution < 1.29 is 4.74 Å². The number of fused-ring (bicyclic) bond motifs is 1. The summed E-state index contributed by atoms with van der Waals surface area (Å²) in [4.78, 5) is 19.2. The third-order valence-electron chi connectivity index (χ3n) is 22.7. The summed E-state index contributed by atoms with van der Waals surface area (Å²) in [6, 6.07) is 13.1. The fraction of sp³-hybridized carbons (Fsp3) is 0.886. The molecule has 5 aliphatic carbocycles. The lowest BCUT2D eigenvalue weighted by molar-refractivity contribution is -0.0758. The summed E-state index contributed by atoms with van der Waals surface area (Å²) >= 11 is 0. The maximum absolute atomic E-state index is 5.52. The van der Waals surface area contributed by atoms with Crippen molar-refractivity contribution in [3.8, 4) is 0 Å². The van der Waals surface area contributed by atoms with Crippen LogP contribution in [0.5, 0.6) is 0 Å². The van der Waals surface area contributed by atoms with Gasteiger partial charge in [0.2, 0.25) is 0 Å². The molecule has 1 atom stereocenters. The van der Waals surface area contributed by atoms with Crippen LogP contribution in [-0.2, 0) is 4.74 Å². The minimum Gasteiger partial charge on any atom is -0.379 e. The number of rotatable bonds is 7. The van der Waals surface area contributed by atoms with Gasteiger partial charge in [-0.2, -0.15) is 0 Å². The zero-order valence-corrected chi connectivity index (χ0v) is 53.8. The number of ether oxygens (including phenoxy) is 1. The Morgan fingerprint density at radius 1 is 0.385 bits per heavy atom. The molecule has 1 N–H and O–H groups in total. The molecular formula is C70H125N7O. The van der Waals surface area contributed by atoms with Gasteiger partial charge in [-0.25, -0.2) is 0 Å². The molecule has 78 heavy (non-hydrogen) atoms. The molecule has 8 heteroatoms. The lowest BCUT2D eigenvalue weighted by atomic mass is 9.63. The Bertz CT molecular complexity index is 2020. The molecule has 6 spiro atoms. The van der Waals surface area contributed by atoms with Gasteiger partial charge in [0, 0.05) is 103 Å². The van der Waals surface area contributed by atoms with E-state index < -0.39 is 0 Å². The summed E-state index contributed by atoms with van der Waals surface area (Å²) in [5.41, 5.74) is 6.91. The molecule has 7 saturated heterocycles. The molecule has 7 aliphatic heterocycles. The van der Waals surface area contributed by atoms with E-state index in [-0.39, 0.29) is 0 Å². The van der Waals surface area contributed by atoms with E-state index in [1.807, 2.05) is 6.20 Å². The largest absolute Gasteiger partial charge is 0.379 e. The van der Waals surface area contributed by atoms with Crippen LogP contribution >= 0.6 is 0 Å². The Labute approximate surface area is 482 Å². The van der Waals surface area contributed by atoms with E-state index >= 15 is 0 Å². The molecule has 5 saturated carbocycles. The maximum atomic E-state index is 5.52. The summed E-state index contributed by atoms with van der Waals surface area (Å²) in [6.07, 6.45) is 37.1. The number of nitrogens with zero attached hydrogens (tertiary/aromatic N) is 6. The van der Waals surface area contributed by atoms with E-state index in [1.165, 1.54) is 229 Å². The molecule has 8 heterocycles. The van der Waals surface area contributed by atoms with Crippen molar-refractivity contribution >= 4 is 10.9 Å². The number of piperidine rings is 1. The molecule has 0 bridgehead atoms. The highest BCUT2D eigenvalue weighted by Gasteiger charge is 2.52. The molecule has 1 unspecified atom stereocenters. The molecule has 446 valence electrons. The molecular weight excluding hydrogens is 955 g/mol. The topological polar surface area (TPSA) is 44.5 Å². The van der Waals surface area contributed by atoms with Crippen LogP contribution in [0, 0.1) is 16.2 Å². The number of benzene rings is 1. The van der Waals surface area contributed by atoms with Crippen LogP contribution in [0.2, 0.25) is 0 Å². The van der Waals surface area contributed by atoms with Crippen LogP contribution in [0.4, 0.5) is 0 Å². The molecule has 12 aliphatic rings. The van der Waals surface area contributed by atoms with Crippen LogP contribution in [0.15, 0.2) is 30.5 Å². The van der Waals surface area contributed by atoms with Crippen molar-refractivity contribution in [2.45, 2.75) is 310 Å². The molecule has 14 rings (SSSR count). The second-order valence-corrected chi connectivity index (χ2v) is 30.5. The monoisotopic (exact) mass is 1080 g/mol. The van der Waals surface area contributed by atoms with Crippen molar-refractivity contribution in [2.75, 3.05) is 72.1 Å². The number of hydrogen-bond acceptors (Lipinski definition) is 7. The lowest BCUT2D eigenvalue weighted by Crippen LogP contribution is -2.61. The molecule has 8 nitrogen and oxygen atoms in total. The standard InChI is InChI=1S/2C11H21N.C11H13N.C10H19NO.3C9H17N/c1-10(2)12-8-4-7-11(9-12)5-3-6-11;1-10(2)12-9-5-8-11(12)6-3-4-7-11;1-8(2)9-4-3-5-11-10(9)6-7-12-11;1-9(2)11-6-3-4-10(11)5-7-12-8-10;1-8(2)10-6-5-9(7-10)3-4-9;1-8(2)10-7-3-4-9(10)5-6-9;1-8(2)10-6-9(7-10)4-3-5-9/h2*10H,3-9H2,1-2H3;3-8,12H,1-2H3;9H,3-8H2,1-2H3;3*8H,3-7H2,1-2H3. The first-order valence-electron chi connectivity index (χ1n) is 33.8. The lowest BCUT2D eigenvalue weighted by Gasteiger charge is -2.57. The normalized spacial score (nSPS) is 28.1. The Morgan fingerprint density at radius 2 is 0.833 bits per heavy atom. The van der Waals surface area contributed by atoms with Gasteiger partial charge >= 0.3 is 0 Å². The summed E-state index contributed by atoms with van der Waals surface area (Å²) in [6.45, 7) is 46.5. The van der Waals surface area contributed by atoms with Crippen LogP contribution in [0.25, 0.3) is 10.9 Å². The second kappa shape index (κ2) is 27.0. The second-order valence-electron chi connectivity index (χ2n) is 30.5. The molecule has 2 aromatic rings. The Balaban J connectivity index is 0.000000120. The van der Waals surface area contributed by atoms with Gasteiger partial charge in [0.25, 0.3) is 0 Å². The number of likely N-dealkylation sites (tertiary alicyclic amines) is 6. The average molecular weight is 1080 g/mol. The van der Waals surface area contributed by atoms with Crippen LogP contribution < -0.4 is 0 Å². The number of hydrogen-bond donors (Lipinski definition) is 1. The number of aromatic amines is 1. The predicted molar refractivity (Wildman–Crippen MR) is 335 cm³/mol. The summed E-state index contributed by atoms with van der Waals surface area (Å²) < 4.78 is 5.52. The highest BCUT2D eigenvalue weighted by atomic mass is 16.5. The van der Waals surface area contributed by atoms with Gasteiger partial charge in [0.05, 0.1) is 6.61 Å². The minimum absolute atomic E-state index is 0.439. The SMILES string of the molecule is CC(C)N1CC2(CCC2)C1.CC(C)N1CCC2(CC2)C1.CC(C)N1CCCC12CC2.CC(C)N1CCCC12CCCC2.CC(C)N1CCCC12CCOC2.CC(C)N1CCCC2(CCC2)C1.CC(C)c1cccc2[nH]ccc12. The van der Waals surface area contributed by atoms with Gasteiger partial charge in [0.1, 0.15) is 0 Å². The van der Waals surface area contributed by atoms with Gasteiger partial charge in [0.15, 0.2) is 0 Å². The zero-order chi connectivity index (χ0) is 55.9. The average Bonchev–Trinajstić information content (AvgIpc) is 3.98. The van der Waals surface area contributed by atoms with Crippen molar-refractivity contribution in [3.05, 3.63) is 36.0 Å². The maximum Gasteiger partial charge on any atom is 0.0651 e. The van der Waals surface area contributed by atoms with E-state index in [2.05, 4.69) is 156 Å². The highest BCUT2D eigenvalue weighted by molar-refractivity contribution is 5.83. The first-order valence-corrected chi connectivity index (χ1v) is 33.8. The van der Waals surface area contributed by atoms with Crippen molar-refractivity contribution in [1.29, 1.82) is 0 Å². The number of H-pyrrole nitrogens is 1. The first kappa shape index (κ1) is 62.5. The van der Waals surface area contributed by atoms with E-state index in [1.54, 1.807) is 0 Å². The van der Waals surface area contributed by atoms with Crippen LogP contribution in [0.3, 0.4) is 0 Å². The van der Waals surface area contributed by atoms with Crippen LogP contribution in [0.1, 0.15) is 263 Å². The number of aromatic nitrogens is 1. The fourth-order valence-electron chi connectivity index (χ4n) is 17.1. The van der Waals surface area contributed by atoms with E-state index in [4.69, 9.17) is 4.74 Å². The van der Waals surface area contributed by atoms with E-state index in [0.717, 1.165) is 59.7 Å². The zero-order valence-electron chi connectivity index (χ0n) is 53.8. The molecule has 0 amide bonds. The fourth-order valence-corrected chi connectivity index (χ4v) is 17.1. The van der Waals surface area contributed by atoms with E-state index in [0.29, 0.717) is 28.6 Å². The highest BCUT2D eigenvalue weighted by Crippen LogP contribution is 2.53. The first-order chi connectivity index (χ1) is 37.2. The van der Waals surface area contributed by atoms with Gasteiger partial charge in [-0.3, -0.25) is 19.6 Å². The van der Waals surface area contributed by atoms with Gasteiger partial charge < -0.3 is 19.5 Å². The van der Waals surface area contributed by atoms with E-state index in [9.17, 15) is 0 Å². The summed E-state index contributed by atoms with van der Waals surface area (Å²) in [5.74, 6) is 0.601. The summed E-state index contributed by atoms with van der Waals surface area (Å²) in [5, 5.41) is 1.35. The summed E-state index contributed by atoms with van der Waals surface area (Å²) in [7, 11) is 0. The molecule has 1 aromatic heterocycles. The minimum atomic E-state index is 0.439. The number of nitrogens with one attached hydrogen (secondary N) is 1. The molecule has 12 fully saturated rings. The third kappa shape index (κ3) is 15.2. The van der Waals surface area contributed by atoms with Gasteiger partial charge in [-0.1, -0.05) is 51.7 Å². The third-order valence-corrected chi connectivity index (χ3v) is 22.7. The van der Waals surface area contributed by atoms with Crippen molar-refractivity contribution in [1.82, 2.24) is 34.4 Å². The van der Waals surface area contributed by atoms with Gasteiger partial charge in [-0.05, 0) is 284 Å². The quantitative estimate of drug-likeness (QED) is 0.296. The molecule has 0 radical (unpaired) electrons. The Hall–Kier alpha value is -1.52. The van der Waals surface area contributed by atoms with Gasteiger partial charge in [-0.15, -0.1) is 0 Å². The van der Waals surface area contributed by atoms with Crippen molar-refractivity contribution in [3.63, 3.8) is 0 Å². The molecule has 1 aromatic carbocycles. The van der Waals surface area contributed by atoms with Crippen LogP contribution in [-0.4, -0.2) is 159 Å². The van der Waals surface area contributed by atoms with Crippen molar-refractivity contribution in [2.24, 2.45) is 16.2 Å². The Kier molecular flexibility index (Phi) is 21.7. The smallest absolute Gasteiger partial charge is 0.0651 e. The Morgan fingerprint density at radius 3 is 1.24 bits per heavy atom. The predicted octanol–water partition coefficient (Wildman–Crippen LogP) is 16.2.